The van der Waals surface area contributed by atoms with E-state index in [0.717, 1.165) is 0 Å². The zero-order valence-corrected chi connectivity index (χ0v) is 16.8. The van der Waals surface area contributed by atoms with Crippen LogP contribution in [0.4, 0.5) is 5.69 Å². The molecule has 1 aromatic carbocycles. The van der Waals surface area contributed by atoms with Gasteiger partial charge in [0.15, 0.2) is 4.90 Å². The molecule has 2 heterocycles. The lowest BCUT2D eigenvalue weighted by Crippen LogP contribution is -2.51. The van der Waals surface area contributed by atoms with Crippen molar-refractivity contribution in [1.29, 1.82) is 0 Å². The average molecular weight is 411 g/mol. The van der Waals surface area contributed by atoms with E-state index in [9.17, 15) is 23.3 Å². The van der Waals surface area contributed by atoms with E-state index in [0.29, 0.717) is 25.9 Å². The summed E-state index contributed by atoms with van der Waals surface area (Å²) in [6.45, 7) is 5.27. The highest BCUT2D eigenvalue weighted by molar-refractivity contribution is 7.89. The van der Waals surface area contributed by atoms with Crippen molar-refractivity contribution in [3.8, 4) is 0 Å². The van der Waals surface area contributed by atoms with E-state index in [2.05, 4.69) is 0 Å². The fourth-order valence-corrected chi connectivity index (χ4v) is 5.55. The lowest BCUT2D eigenvalue weighted by atomic mass is 9.96. The van der Waals surface area contributed by atoms with Crippen LogP contribution in [0.3, 0.4) is 0 Å². The van der Waals surface area contributed by atoms with Gasteiger partial charge in [0.25, 0.3) is 5.69 Å². The minimum absolute atomic E-state index is 0.0215. The van der Waals surface area contributed by atoms with Crippen molar-refractivity contribution in [2.24, 2.45) is 5.92 Å². The fourth-order valence-electron chi connectivity index (χ4n) is 3.92. The Morgan fingerprint density at radius 1 is 1.14 bits per heavy atom. The summed E-state index contributed by atoms with van der Waals surface area (Å²) >= 11 is 0. The molecule has 0 unspecified atom stereocenters. The summed E-state index contributed by atoms with van der Waals surface area (Å²) < 4.78 is 32.7. The molecular formula is C18H25N3O6S. The molecule has 28 heavy (non-hydrogen) atoms. The van der Waals surface area contributed by atoms with Gasteiger partial charge < -0.3 is 9.64 Å². The monoisotopic (exact) mass is 411 g/mol. The smallest absolute Gasteiger partial charge is 0.289 e. The second kappa shape index (κ2) is 8.14. The zero-order valence-electron chi connectivity index (χ0n) is 16.0. The number of sulfonamides is 1. The number of para-hydroxylation sites is 1. The average Bonchev–Trinajstić information content (AvgIpc) is 2.66. The van der Waals surface area contributed by atoms with Crippen LogP contribution < -0.4 is 0 Å². The molecule has 0 spiro atoms. The number of hydrogen-bond acceptors (Lipinski definition) is 6. The summed E-state index contributed by atoms with van der Waals surface area (Å²) in [6.07, 6.45) is 0.760. The molecule has 0 N–H and O–H groups in total. The minimum Gasteiger partial charge on any atom is -0.372 e. The van der Waals surface area contributed by atoms with Gasteiger partial charge in [0.2, 0.25) is 15.9 Å². The van der Waals surface area contributed by atoms with E-state index in [1.54, 1.807) is 4.90 Å². The number of nitrogens with zero attached hydrogens (tertiary/aromatic N) is 3. The summed E-state index contributed by atoms with van der Waals surface area (Å²) in [5.41, 5.74) is -0.433. The second-order valence-electron chi connectivity index (χ2n) is 7.40. The first-order valence-electron chi connectivity index (χ1n) is 9.38. The summed E-state index contributed by atoms with van der Waals surface area (Å²) in [6, 6.07) is 5.34. The van der Waals surface area contributed by atoms with Crippen molar-refractivity contribution in [2.45, 2.75) is 43.8 Å². The molecule has 0 saturated carbocycles. The molecule has 9 nitrogen and oxygen atoms in total. The Kier molecular flexibility index (Phi) is 6.01. The van der Waals surface area contributed by atoms with Crippen molar-refractivity contribution >= 4 is 21.6 Å². The molecule has 10 heteroatoms. The van der Waals surface area contributed by atoms with Crippen LogP contribution in [0.2, 0.25) is 0 Å². The van der Waals surface area contributed by atoms with E-state index in [4.69, 9.17) is 4.74 Å². The summed E-state index contributed by atoms with van der Waals surface area (Å²) in [7, 11) is -3.98. The molecule has 3 rings (SSSR count). The fraction of sp³-hybridized carbons (Fsp3) is 0.611. The van der Waals surface area contributed by atoms with E-state index < -0.39 is 20.6 Å². The first-order chi connectivity index (χ1) is 13.2. The molecular weight excluding hydrogens is 386 g/mol. The van der Waals surface area contributed by atoms with Crippen molar-refractivity contribution in [3.05, 3.63) is 34.4 Å². The van der Waals surface area contributed by atoms with Crippen molar-refractivity contribution < 1.29 is 22.9 Å². The Hall–Kier alpha value is -2.04. The third-order valence-corrected chi connectivity index (χ3v) is 7.16. The first kappa shape index (κ1) is 20.7. The molecule has 2 aliphatic rings. The number of nitro groups is 1. The van der Waals surface area contributed by atoms with Gasteiger partial charge in [-0.1, -0.05) is 12.1 Å². The van der Waals surface area contributed by atoms with E-state index in [-0.39, 0.29) is 42.0 Å². The number of carbonyl (C=O) groups excluding carboxylic acids is 1. The van der Waals surface area contributed by atoms with Crippen LogP contribution in [0.1, 0.15) is 26.7 Å². The molecule has 2 fully saturated rings. The summed E-state index contributed by atoms with van der Waals surface area (Å²) in [5.74, 6) is -0.209. The molecule has 1 aromatic rings. The maximum Gasteiger partial charge on any atom is 0.289 e. The highest BCUT2D eigenvalue weighted by Crippen LogP contribution is 2.30. The number of morpholine rings is 1. The van der Waals surface area contributed by atoms with Gasteiger partial charge in [0, 0.05) is 38.2 Å². The first-order valence-corrected chi connectivity index (χ1v) is 10.8. The van der Waals surface area contributed by atoms with E-state index in [1.165, 1.54) is 28.6 Å². The summed E-state index contributed by atoms with van der Waals surface area (Å²) in [4.78, 5) is 24.8. The van der Waals surface area contributed by atoms with Gasteiger partial charge >= 0.3 is 0 Å². The van der Waals surface area contributed by atoms with Gasteiger partial charge in [0.05, 0.1) is 17.1 Å². The van der Waals surface area contributed by atoms with Gasteiger partial charge in [-0.05, 0) is 32.8 Å². The number of carbonyl (C=O) groups is 1. The van der Waals surface area contributed by atoms with Crippen molar-refractivity contribution in [3.63, 3.8) is 0 Å². The van der Waals surface area contributed by atoms with Crippen LogP contribution in [0.25, 0.3) is 0 Å². The number of ether oxygens (including phenoxy) is 1. The molecule has 2 saturated heterocycles. The topological polar surface area (TPSA) is 110 Å². The maximum absolute atomic E-state index is 12.9. The lowest BCUT2D eigenvalue weighted by molar-refractivity contribution is -0.387. The molecule has 0 aromatic heterocycles. The zero-order chi connectivity index (χ0) is 20.5. The number of hydrogen-bond donors (Lipinski definition) is 0. The molecule has 0 bridgehead atoms. The molecule has 154 valence electrons. The Morgan fingerprint density at radius 3 is 2.29 bits per heavy atom. The van der Waals surface area contributed by atoms with Gasteiger partial charge in [-0.2, -0.15) is 4.31 Å². The highest BCUT2D eigenvalue weighted by Gasteiger charge is 2.37. The molecule has 0 radical (unpaired) electrons. The minimum atomic E-state index is -3.98. The van der Waals surface area contributed by atoms with Crippen LogP contribution in [0, 0.1) is 16.0 Å². The van der Waals surface area contributed by atoms with Gasteiger partial charge in [0.1, 0.15) is 0 Å². The third kappa shape index (κ3) is 4.18. The molecule has 2 aliphatic heterocycles. The van der Waals surface area contributed by atoms with Crippen LogP contribution in [0.5, 0.6) is 0 Å². The Labute approximate surface area is 164 Å². The predicted molar refractivity (Wildman–Crippen MR) is 101 cm³/mol. The van der Waals surface area contributed by atoms with Crippen LogP contribution in [0.15, 0.2) is 29.2 Å². The standard InChI is InChI=1S/C18H25N3O6S/c1-13-11-19(12-14(2)27-13)18(22)15-7-9-20(10-8-15)28(25,26)17-6-4-3-5-16(17)21(23)24/h3-6,13-15H,7-12H2,1-2H3/t13-,14-/m0/s1. The lowest BCUT2D eigenvalue weighted by Gasteiger charge is -2.39. The molecule has 0 aliphatic carbocycles. The maximum atomic E-state index is 12.9. The SMILES string of the molecule is C[C@H]1CN(C(=O)C2CCN(S(=O)(=O)c3ccccc3[N+](=O)[O-])CC2)C[C@H](C)O1. The third-order valence-electron chi connectivity index (χ3n) is 5.21. The van der Waals surface area contributed by atoms with Crippen molar-refractivity contribution in [1.82, 2.24) is 9.21 Å². The quantitative estimate of drug-likeness (QED) is 0.550. The Balaban J connectivity index is 1.68. The van der Waals surface area contributed by atoms with Crippen molar-refractivity contribution in [2.75, 3.05) is 26.2 Å². The highest BCUT2D eigenvalue weighted by atomic mass is 32.2. The van der Waals surface area contributed by atoms with Crippen LogP contribution in [-0.4, -0.2) is 66.8 Å². The van der Waals surface area contributed by atoms with Gasteiger partial charge in [-0.25, -0.2) is 8.42 Å². The van der Waals surface area contributed by atoms with Crippen LogP contribution in [-0.2, 0) is 19.6 Å². The number of piperidine rings is 1. The van der Waals surface area contributed by atoms with E-state index >= 15 is 0 Å². The normalized spacial score (nSPS) is 24.9. The predicted octanol–water partition coefficient (Wildman–Crippen LogP) is 1.63. The number of amides is 1. The Bertz CT molecular complexity index is 841. The number of benzene rings is 1. The van der Waals surface area contributed by atoms with E-state index in [1.807, 2.05) is 13.8 Å². The van der Waals surface area contributed by atoms with Crippen LogP contribution >= 0.6 is 0 Å². The number of nitro benzene ring substituents is 1. The summed E-state index contributed by atoms with van der Waals surface area (Å²) in [5, 5.41) is 11.2. The molecule has 1 amide bonds. The second-order valence-corrected chi connectivity index (χ2v) is 9.31. The van der Waals surface area contributed by atoms with Gasteiger partial charge in [-0.15, -0.1) is 0 Å². The number of rotatable bonds is 4. The molecule has 2 atom stereocenters. The Morgan fingerprint density at radius 2 is 1.71 bits per heavy atom. The largest absolute Gasteiger partial charge is 0.372 e. The van der Waals surface area contributed by atoms with Gasteiger partial charge in [-0.3, -0.25) is 14.9 Å².